The Hall–Kier alpha value is -1.10. The molecule has 0 aromatic rings. The van der Waals surface area contributed by atoms with Crippen molar-refractivity contribution >= 4 is 11.9 Å². The van der Waals surface area contributed by atoms with Crippen molar-refractivity contribution in [1.29, 1.82) is 0 Å². The number of rotatable bonds is 6. The van der Waals surface area contributed by atoms with Gasteiger partial charge in [0.05, 0.1) is 24.0 Å². The van der Waals surface area contributed by atoms with Crippen LogP contribution in [0.1, 0.15) is 65.7 Å². The van der Waals surface area contributed by atoms with Crippen LogP contribution in [0.4, 0.5) is 0 Å². The first kappa shape index (κ1) is 17.3. The molecular weight excluding hydrogens is 284 g/mol. The zero-order valence-corrected chi connectivity index (χ0v) is 13.8. The molecule has 5 heteroatoms. The van der Waals surface area contributed by atoms with E-state index in [0.717, 1.165) is 32.1 Å². The van der Waals surface area contributed by atoms with Gasteiger partial charge in [0, 0.05) is 0 Å². The molecule has 0 radical (unpaired) electrons. The van der Waals surface area contributed by atoms with Crippen LogP contribution in [0.25, 0.3) is 0 Å². The van der Waals surface area contributed by atoms with E-state index in [1.54, 1.807) is 0 Å². The van der Waals surface area contributed by atoms with Gasteiger partial charge in [0.15, 0.2) is 0 Å². The average Bonchev–Trinajstić information content (AvgIpc) is 3.11. The van der Waals surface area contributed by atoms with Gasteiger partial charge in [-0.05, 0) is 44.9 Å². The Morgan fingerprint density at radius 2 is 1.64 bits per heavy atom. The van der Waals surface area contributed by atoms with E-state index in [1.165, 1.54) is 0 Å². The first-order valence-electron chi connectivity index (χ1n) is 8.59. The molecule has 1 saturated heterocycles. The molecule has 1 N–H and O–H groups in total. The second-order valence-electron chi connectivity index (χ2n) is 6.58. The predicted octanol–water partition coefficient (Wildman–Crippen LogP) is 3.16. The third-order valence-electron chi connectivity index (χ3n) is 5.38. The highest BCUT2D eigenvalue weighted by atomic mass is 16.6. The third kappa shape index (κ3) is 3.14. The third-order valence-corrected chi connectivity index (χ3v) is 5.38. The lowest BCUT2D eigenvalue weighted by atomic mass is 9.85. The van der Waals surface area contributed by atoms with E-state index >= 15 is 0 Å². The van der Waals surface area contributed by atoms with Crippen LogP contribution in [0.3, 0.4) is 0 Å². The van der Waals surface area contributed by atoms with E-state index in [0.29, 0.717) is 12.8 Å². The summed E-state index contributed by atoms with van der Waals surface area (Å²) < 4.78 is 11.7. The molecule has 2 fully saturated rings. The SMILES string of the molecule is CCC1OC(CC)C(C(=O)OC2(CC)CCCC2)C1C(=O)O. The fraction of sp³-hybridized carbons (Fsp3) is 0.882. The Morgan fingerprint density at radius 3 is 2.09 bits per heavy atom. The van der Waals surface area contributed by atoms with Gasteiger partial charge >= 0.3 is 11.9 Å². The molecule has 0 amide bonds. The number of esters is 1. The van der Waals surface area contributed by atoms with Crippen LogP contribution in [0.2, 0.25) is 0 Å². The number of hydrogen-bond donors (Lipinski definition) is 1. The highest BCUT2D eigenvalue weighted by Crippen LogP contribution is 2.41. The molecule has 0 bridgehead atoms. The molecule has 1 saturated carbocycles. The van der Waals surface area contributed by atoms with Gasteiger partial charge in [0.25, 0.3) is 0 Å². The number of carboxylic acid groups (broad SMARTS) is 1. The van der Waals surface area contributed by atoms with Crippen LogP contribution < -0.4 is 0 Å². The molecule has 1 heterocycles. The topological polar surface area (TPSA) is 72.8 Å². The van der Waals surface area contributed by atoms with E-state index in [2.05, 4.69) is 0 Å². The quantitative estimate of drug-likeness (QED) is 0.763. The summed E-state index contributed by atoms with van der Waals surface area (Å²) in [6, 6.07) is 0. The van der Waals surface area contributed by atoms with Gasteiger partial charge in [-0.25, -0.2) is 0 Å². The second-order valence-corrected chi connectivity index (χ2v) is 6.58. The lowest BCUT2D eigenvalue weighted by molar-refractivity contribution is -0.170. The summed E-state index contributed by atoms with van der Waals surface area (Å²) in [5.74, 6) is -2.81. The van der Waals surface area contributed by atoms with Crippen LogP contribution in [-0.4, -0.2) is 34.9 Å². The normalized spacial score (nSPS) is 33.8. The van der Waals surface area contributed by atoms with E-state index in [4.69, 9.17) is 9.47 Å². The van der Waals surface area contributed by atoms with Gasteiger partial charge < -0.3 is 14.6 Å². The van der Waals surface area contributed by atoms with Crippen LogP contribution in [-0.2, 0) is 19.1 Å². The van der Waals surface area contributed by atoms with Crippen molar-refractivity contribution in [2.24, 2.45) is 11.8 Å². The maximum Gasteiger partial charge on any atom is 0.313 e. The largest absolute Gasteiger partial charge is 0.481 e. The van der Waals surface area contributed by atoms with Gasteiger partial charge in [-0.3, -0.25) is 9.59 Å². The fourth-order valence-electron chi connectivity index (χ4n) is 4.00. The first-order chi connectivity index (χ1) is 10.5. The molecule has 0 aromatic carbocycles. The number of carboxylic acids is 1. The monoisotopic (exact) mass is 312 g/mol. The van der Waals surface area contributed by atoms with E-state index in [-0.39, 0.29) is 17.7 Å². The summed E-state index contributed by atoms with van der Waals surface area (Å²) in [4.78, 5) is 24.4. The van der Waals surface area contributed by atoms with Crippen molar-refractivity contribution in [2.75, 3.05) is 0 Å². The van der Waals surface area contributed by atoms with Crippen LogP contribution in [0, 0.1) is 11.8 Å². The Morgan fingerprint density at radius 1 is 1.09 bits per heavy atom. The van der Waals surface area contributed by atoms with Crippen molar-refractivity contribution < 1.29 is 24.2 Å². The van der Waals surface area contributed by atoms with Crippen LogP contribution >= 0.6 is 0 Å². The molecule has 2 rings (SSSR count). The van der Waals surface area contributed by atoms with Crippen LogP contribution in [0.15, 0.2) is 0 Å². The number of aliphatic carboxylic acids is 1. The van der Waals surface area contributed by atoms with E-state index in [1.807, 2.05) is 20.8 Å². The average molecular weight is 312 g/mol. The van der Waals surface area contributed by atoms with Crippen molar-refractivity contribution in [3.63, 3.8) is 0 Å². The predicted molar refractivity (Wildman–Crippen MR) is 81.4 cm³/mol. The summed E-state index contributed by atoms with van der Waals surface area (Å²) >= 11 is 0. The zero-order valence-electron chi connectivity index (χ0n) is 13.8. The minimum atomic E-state index is -0.957. The minimum Gasteiger partial charge on any atom is -0.481 e. The molecule has 22 heavy (non-hydrogen) atoms. The molecular formula is C17H28O5. The molecule has 5 nitrogen and oxygen atoms in total. The van der Waals surface area contributed by atoms with Crippen molar-refractivity contribution in [3.8, 4) is 0 Å². The number of carbonyl (C=O) groups is 2. The summed E-state index contributed by atoms with van der Waals surface area (Å²) in [5, 5.41) is 9.54. The lowest BCUT2D eigenvalue weighted by Gasteiger charge is -2.30. The second kappa shape index (κ2) is 6.99. The standard InChI is InChI=1S/C17H28O5/c1-4-11-13(15(18)19)14(12(5-2)21-11)16(20)22-17(6-3)9-7-8-10-17/h11-14H,4-10H2,1-3H3,(H,18,19). The van der Waals surface area contributed by atoms with Gasteiger partial charge in [0.2, 0.25) is 0 Å². The van der Waals surface area contributed by atoms with E-state index in [9.17, 15) is 14.7 Å². The fourth-order valence-corrected chi connectivity index (χ4v) is 4.00. The summed E-state index contributed by atoms with van der Waals surface area (Å²) in [5.41, 5.74) is -0.386. The van der Waals surface area contributed by atoms with Crippen LogP contribution in [0.5, 0.6) is 0 Å². The molecule has 2 aliphatic rings. The first-order valence-corrected chi connectivity index (χ1v) is 8.59. The Bertz CT molecular complexity index is 413. The maximum atomic E-state index is 12.7. The Kier molecular flexibility index (Phi) is 5.48. The summed E-state index contributed by atoms with van der Waals surface area (Å²) in [7, 11) is 0. The molecule has 126 valence electrons. The van der Waals surface area contributed by atoms with Gasteiger partial charge in [-0.15, -0.1) is 0 Å². The smallest absolute Gasteiger partial charge is 0.313 e. The lowest BCUT2D eigenvalue weighted by Crippen LogP contribution is -2.41. The minimum absolute atomic E-state index is 0.353. The summed E-state index contributed by atoms with van der Waals surface area (Å²) in [6.07, 6.45) is 5.16. The maximum absolute atomic E-state index is 12.7. The van der Waals surface area contributed by atoms with Crippen molar-refractivity contribution in [3.05, 3.63) is 0 Å². The molecule has 1 aliphatic heterocycles. The number of hydrogen-bond acceptors (Lipinski definition) is 4. The molecule has 0 spiro atoms. The van der Waals surface area contributed by atoms with Gasteiger partial charge in [0.1, 0.15) is 5.60 Å². The highest BCUT2D eigenvalue weighted by molar-refractivity contribution is 5.83. The highest BCUT2D eigenvalue weighted by Gasteiger charge is 2.52. The van der Waals surface area contributed by atoms with Crippen molar-refractivity contribution in [2.45, 2.75) is 83.5 Å². The Balaban J connectivity index is 2.18. The number of carbonyl (C=O) groups excluding carboxylic acids is 1. The molecule has 4 atom stereocenters. The zero-order chi connectivity index (χ0) is 16.3. The van der Waals surface area contributed by atoms with Gasteiger partial charge in [-0.1, -0.05) is 20.8 Å². The molecule has 4 unspecified atom stereocenters. The number of ether oxygens (including phenoxy) is 2. The Labute approximate surface area is 132 Å². The van der Waals surface area contributed by atoms with E-state index < -0.39 is 23.9 Å². The van der Waals surface area contributed by atoms with Gasteiger partial charge in [-0.2, -0.15) is 0 Å². The summed E-state index contributed by atoms with van der Waals surface area (Å²) in [6.45, 7) is 5.85. The van der Waals surface area contributed by atoms with Crippen molar-refractivity contribution in [1.82, 2.24) is 0 Å². The molecule has 1 aliphatic carbocycles. The molecule has 0 aromatic heterocycles.